The molecule has 2 aliphatic rings. The van der Waals surface area contributed by atoms with Crippen molar-refractivity contribution in [1.29, 1.82) is 0 Å². The van der Waals surface area contributed by atoms with Gasteiger partial charge in [-0.05, 0) is 31.2 Å². The first-order chi connectivity index (χ1) is 12.5. The van der Waals surface area contributed by atoms with E-state index in [1.54, 1.807) is 4.90 Å². The normalized spacial score (nSPS) is 20.4. The fourth-order valence-corrected chi connectivity index (χ4v) is 2.96. The first-order valence-electron chi connectivity index (χ1n) is 8.48. The van der Waals surface area contributed by atoms with Gasteiger partial charge in [-0.3, -0.25) is 19.3 Å². The average molecular weight is 360 g/mol. The molecule has 138 valence electrons. The molecule has 8 heteroatoms. The molecule has 1 aromatic rings. The number of carbonyl (C=O) groups is 4. The van der Waals surface area contributed by atoms with Crippen LogP contribution in [0.5, 0.6) is 0 Å². The SMILES string of the molecule is CC1CN(C(=O)COC(=O)c2ccc(N3C(=O)CCC3=O)cc2)CCO1. The minimum atomic E-state index is -0.634. The van der Waals surface area contributed by atoms with E-state index in [0.717, 1.165) is 4.90 Å². The number of rotatable bonds is 4. The predicted molar refractivity (Wildman–Crippen MR) is 90.4 cm³/mol. The molecule has 26 heavy (non-hydrogen) atoms. The molecular weight excluding hydrogens is 340 g/mol. The number of benzene rings is 1. The van der Waals surface area contributed by atoms with Crippen LogP contribution in [0.3, 0.4) is 0 Å². The molecule has 1 atom stereocenters. The van der Waals surface area contributed by atoms with E-state index in [1.807, 2.05) is 6.92 Å². The third-order valence-corrected chi connectivity index (χ3v) is 4.33. The Morgan fingerprint density at radius 3 is 2.42 bits per heavy atom. The fourth-order valence-electron chi connectivity index (χ4n) is 2.96. The Balaban J connectivity index is 1.56. The zero-order chi connectivity index (χ0) is 18.7. The molecule has 0 aromatic heterocycles. The Kier molecular flexibility index (Phi) is 5.32. The Morgan fingerprint density at radius 2 is 1.81 bits per heavy atom. The van der Waals surface area contributed by atoms with E-state index in [1.165, 1.54) is 24.3 Å². The number of hydrogen-bond donors (Lipinski definition) is 0. The van der Waals surface area contributed by atoms with Crippen LogP contribution in [0, 0.1) is 0 Å². The largest absolute Gasteiger partial charge is 0.452 e. The standard InChI is InChI=1S/C18H20N2O6/c1-12-10-19(8-9-25-12)17(23)11-26-18(24)13-2-4-14(5-3-13)20-15(21)6-7-16(20)22/h2-5,12H,6-11H2,1H3. The van der Waals surface area contributed by atoms with Crippen molar-refractivity contribution in [2.75, 3.05) is 31.2 Å². The van der Waals surface area contributed by atoms with E-state index in [2.05, 4.69) is 0 Å². The summed E-state index contributed by atoms with van der Waals surface area (Å²) in [5.74, 6) is -1.41. The summed E-state index contributed by atoms with van der Waals surface area (Å²) in [7, 11) is 0. The highest BCUT2D eigenvalue weighted by Crippen LogP contribution is 2.23. The third kappa shape index (κ3) is 3.91. The maximum Gasteiger partial charge on any atom is 0.338 e. The van der Waals surface area contributed by atoms with Gasteiger partial charge in [0.05, 0.1) is 24.0 Å². The minimum Gasteiger partial charge on any atom is -0.452 e. The van der Waals surface area contributed by atoms with Gasteiger partial charge in [0.2, 0.25) is 11.8 Å². The molecule has 0 spiro atoms. The topological polar surface area (TPSA) is 93.2 Å². The second-order valence-electron chi connectivity index (χ2n) is 6.27. The summed E-state index contributed by atoms with van der Waals surface area (Å²) >= 11 is 0. The molecule has 0 N–H and O–H groups in total. The highest BCUT2D eigenvalue weighted by molar-refractivity contribution is 6.19. The maximum absolute atomic E-state index is 12.1. The van der Waals surface area contributed by atoms with Crippen LogP contribution in [-0.2, 0) is 23.9 Å². The van der Waals surface area contributed by atoms with Crippen LogP contribution in [0.25, 0.3) is 0 Å². The van der Waals surface area contributed by atoms with E-state index in [9.17, 15) is 19.2 Å². The molecule has 2 saturated heterocycles. The van der Waals surface area contributed by atoms with Crippen molar-refractivity contribution in [3.8, 4) is 0 Å². The number of ether oxygens (including phenoxy) is 2. The van der Waals surface area contributed by atoms with Gasteiger partial charge in [-0.25, -0.2) is 4.79 Å². The zero-order valence-electron chi connectivity index (χ0n) is 14.5. The molecule has 0 bridgehead atoms. The Hall–Kier alpha value is -2.74. The Bertz CT molecular complexity index is 714. The van der Waals surface area contributed by atoms with Crippen LogP contribution in [0.2, 0.25) is 0 Å². The van der Waals surface area contributed by atoms with Crippen LogP contribution >= 0.6 is 0 Å². The first kappa shape index (κ1) is 18.1. The van der Waals surface area contributed by atoms with Gasteiger partial charge in [0, 0.05) is 25.9 Å². The number of morpholine rings is 1. The number of esters is 1. The van der Waals surface area contributed by atoms with E-state index in [4.69, 9.17) is 9.47 Å². The number of hydrogen-bond acceptors (Lipinski definition) is 6. The first-order valence-corrected chi connectivity index (χ1v) is 8.48. The van der Waals surface area contributed by atoms with Crippen molar-refractivity contribution >= 4 is 29.4 Å². The van der Waals surface area contributed by atoms with Crippen molar-refractivity contribution in [2.24, 2.45) is 0 Å². The number of imide groups is 1. The van der Waals surface area contributed by atoms with Crippen LogP contribution in [0.1, 0.15) is 30.1 Å². The number of anilines is 1. The molecule has 2 fully saturated rings. The lowest BCUT2D eigenvalue weighted by molar-refractivity contribution is -0.141. The van der Waals surface area contributed by atoms with E-state index in [0.29, 0.717) is 25.4 Å². The summed E-state index contributed by atoms with van der Waals surface area (Å²) in [6.45, 7) is 2.96. The summed E-state index contributed by atoms with van der Waals surface area (Å²) in [5, 5.41) is 0. The molecule has 1 aromatic carbocycles. The van der Waals surface area contributed by atoms with Gasteiger partial charge in [-0.2, -0.15) is 0 Å². The van der Waals surface area contributed by atoms with Crippen LogP contribution < -0.4 is 4.90 Å². The van der Waals surface area contributed by atoms with Crippen LogP contribution in [0.4, 0.5) is 5.69 Å². The maximum atomic E-state index is 12.1. The molecule has 0 radical (unpaired) electrons. The van der Waals surface area contributed by atoms with Gasteiger partial charge in [0.25, 0.3) is 5.91 Å². The van der Waals surface area contributed by atoms with Crippen molar-refractivity contribution in [3.63, 3.8) is 0 Å². The van der Waals surface area contributed by atoms with E-state index < -0.39 is 5.97 Å². The number of amides is 3. The summed E-state index contributed by atoms with van der Waals surface area (Å²) < 4.78 is 10.4. The van der Waals surface area contributed by atoms with Gasteiger partial charge >= 0.3 is 5.97 Å². The molecule has 2 heterocycles. The lowest BCUT2D eigenvalue weighted by atomic mass is 10.2. The molecule has 2 aliphatic heterocycles. The summed E-state index contributed by atoms with van der Waals surface area (Å²) in [4.78, 5) is 50.3. The van der Waals surface area contributed by atoms with Gasteiger partial charge in [-0.1, -0.05) is 0 Å². The third-order valence-electron chi connectivity index (χ3n) is 4.33. The Morgan fingerprint density at radius 1 is 1.15 bits per heavy atom. The quantitative estimate of drug-likeness (QED) is 0.581. The van der Waals surface area contributed by atoms with Crippen LogP contribution in [-0.4, -0.2) is 61.0 Å². The Labute approximate surface area is 150 Å². The second-order valence-corrected chi connectivity index (χ2v) is 6.27. The van der Waals surface area contributed by atoms with Gasteiger partial charge in [0.15, 0.2) is 6.61 Å². The van der Waals surface area contributed by atoms with E-state index >= 15 is 0 Å². The lowest BCUT2D eigenvalue weighted by Gasteiger charge is -2.30. The summed E-state index contributed by atoms with van der Waals surface area (Å²) in [6.07, 6.45) is 0.363. The molecule has 3 rings (SSSR count). The molecule has 0 aliphatic carbocycles. The second kappa shape index (κ2) is 7.65. The predicted octanol–water partition coefficient (Wildman–Crippen LogP) is 0.744. The number of nitrogens with zero attached hydrogens (tertiary/aromatic N) is 2. The fraction of sp³-hybridized carbons (Fsp3) is 0.444. The lowest BCUT2D eigenvalue weighted by Crippen LogP contribution is -2.46. The molecule has 8 nitrogen and oxygen atoms in total. The molecular formula is C18H20N2O6. The van der Waals surface area contributed by atoms with Crippen LogP contribution in [0.15, 0.2) is 24.3 Å². The summed E-state index contributed by atoms with van der Waals surface area (Å²) in [6, 6.07) is 5.97. The highest BCUT2D eigenvalue weighted by Gasteiger charge is 2.30. The van der Waals surface area contributed by atoms with E-state index in [-0.39, 0.29) is 48.8 Å². The van der Waals surface area contributed by atoms with Crippen molar-refractivity contribution in [2.45, 2.75) is 25.9 Å². The number of carbonyl (C=O) groups excluding carboxylic acids is 4. The molecule has 1 unspecified atom stereocenters. The van der Waals surface area contributed by atoms with Crippen molar-refractivity contribution in [3.05, 3.63) is 29.8 Å². The van der Waals surface area contributed by atoms with Crippen molar-refractivity contribution < 1.29 is 28.7 Å². The molecule has 3 amide bonds. The highest BCUT2D eigenvalue weighted by atomic mass is 16.5. The smallest absolute Gasteiger partial charge is 0.338 e. The van der Waals surface area contributed by atoms with Crippen molar-refractivity contribution in [1.82, 2.24) is 4.90 Å². The zero-order valence-corrected chi connectivity index (χ0v) is 14.5. The van der Waals surface area contributed by atoms with Gasteiger partial charge in [-0.15, -0.1) is 0 Å². The average Bonchev–Trinajstić information content (AvgIpc) is 2.98. The van der Waals surface area contributed by atoms with Gasteiger partial charge in [0.1, 0.15) is 0 Å². The summed E-state index contributed by atoms with van der Waals surface area (Å²) in [5.41, 5.74) is 0.670. The monoisotopic (exact) mass is 360 g/mol. The minimum absolute atomic E-state index is 0.0352. The van der Waals surface area contributed by atoms with Gasteiger partial charge < -0.3 is 14.4 Å². The molecule has 0 saturated carbocycles.